The van der Waals surface area contributed by atoms with E-state index in [-0.39, 0.29) is 13.2 Å². The maximum Gasteiger partial charge on any atom is 0.324 e. The molecule has 0 bridgehead atoms. The molecule has 0 saturated carbocycles. The smallest absolute Gasteiger partial charge is 0.324 e. The zero-order chi connectivity index (χ0) is 15.1. The Kier molecular flexibility index (Phi) is 6.19. The zero-order valence-corrected chi connectivity index (χ0v) is 12.8. The summed E-state index contributed by atoms with van der Waals surface area (Å²) >= 11 is 3.26. The first-order chi connectivity index (χ1) is 9.54. The number of carbonyl (C=O) groups is 2. The highest BCUT2D eigenvalue weighted by Crippen LogP contribution is 2.28. The molecule has 0 aromatic heterocycles. The van der Waals surface area contributed by atoms with Gasteiger partial charge in [0.05, 0.1) is 24.8 Å². The molecule has 1 aromatic rings. The molecular formula is C14H14BrNO4. The van der Waals surface area contributed by atoms with Gasteiger partial charge in [-0.05, 0) is 31.5 Å². The zero-order valence-electron chi connectivity index (χ0n) is 11.2. The van der Waals surface area contributed by atoms with Crippen LogP contribution < -0.4 is 0 Å². The van der Waals surface area contributed by atoms with Crippen LogP contribution in [0.3, 0.4) is 0 Å². The molecular weight excluding hydrogens is 326 g/mol. The summed E-state index contributed by atoms with van der Waals surface area (Å²) in [5.41, 5.74) is 0.841. The van der Waals surface area contributed by atoms with E-state index in [0.29, 0.717) is 15.6 Å². The number of hydrogen-bond donors (Lipinski definition) is 0. The molecule has 106 valence electrons. The molecule has 0 radical (unpaired) electrons. The van der Waals surface area contributed by atoms with Crippen LogP contribution in [0.1, 0.15) is 30.9 Å². The number of rotatable bonds is 5. The van der Waals surface area contributed by atoms with Crippen LogP contribution in [0.2, 0.25) is 0 Å². The predicted octanol–water partition coefficient (Wildman–Crippen LogP) is 2.53. The van der Waals surface area contributed by atoms with E-state index in [1.54, 1.807) is 26.0 Å². The van der Waals surface area contributed by atoms with Crippen molar-refractivity contribution in [3.05, 3.63) is 33.8 Å². The monoisotopic (exact) mass is 339 g/mol. The average molecular weight is 340 g/mol. The number of nitrogens with zero attached hydrogens (tertiary/aromatic N) is 1. The highest BCUT2D eigenvalue weighted by Gasteiger charge is 2.33. The molecule has 1 rings (SSSR count). The van der Waals surface area contributed by atoms with Crippen LogP contribution in [0.25, 0.3) is 0 Å². The van der Waals surface area contributed by atoms with E-state index >= 15 is 0 Å². The number of ether oxygens (including phenoxy) is 2. The molecule has 0 heterocycles. The van der Waals surface area contributed by atoms with Crippen LogP contribution in [-0.4, -0.2) is 25.2 Å². The Bertz CT molecular complexity index is 533. The Morgan fingerprint density at radius 2 is 1.80 bits per heavy atom. The molecule has 0 atom stereocenters. The molecule has 0 aliphatic heterocycles. The Labute approximate surface area is 125 Å². The number of nitriles is 1. The van der Waals surface area contributed by atoms with E-state index in [1.807, 2.05) is 6.07 Å². The molecule has 6 heteroatoms. The van der Waals surface area contributed by atoms with E-state index in [4.69, 9.17) is 14.7 Å². The van der Waals surface area contributed by atoms with Gasteiger partial charge in [-0.25, -0.2) is 0 Å². The van der Waals surface area contributed by atoms with Gasteiger partial charge in [-0.2, -0.15) is 5.26 Å². The first-order valence-electron chi connectivity index (χ1n) is 6.07. The first-order valence-corrected chi connectivity index (χ1v) is 6.87. The molecule has 0 spiro atoms. The second-order valence-electron chi connectivity index (χ2n) is 3.79. The largest absolute Gasteiger partial charge is 0.465 e. The van der Waals surface area contributed by atoms with Gasteiger partial charge in [-0.1, -0.05) is 22.0 Å². The third-order valence-corrected chi connectivity index (χ3v) is 3.17. The fraction of sp³-hybridized carbons (Fsp3) is 0.357. The lowest BCUT2D eigenvalue weighted by molar-refractivity contribution is -0.156. The summed E-state index contributed by atoms with van der Waals surface area (Å²) in [4.78, 5) is 23.9. The molecule has 20 heavy (non-hydrogen) atoms. The van der Waals surface area contributed by atoms with E-state index < -0.39 is 17.9 Å². The lowest BCUT2D eigenvalue weighted by atomic mass is 9.98. The summed E-state index contributed by atoms with van der Waals surface area (Å²) in [6.45, 7) is 3.66. The van der Waals surface area contributed by atoms with Gasteiger partial charge in [0.2, 0.25) is 0 Å². The van der Waals surface area contributed by atoms with Gasteiger partial charge in [-0.3, -0.25) is 9.59 Å². The second-order valence-corrected chi connectivity index (χ2v) is 4.64. The molecule has 0 fully saturated rings. The number of benzene rings is 1. The normalized spacial score (nSPS) is 9.95. The SMILES string of the molecule is CCOC(=O)C(C(=O)OCC)c1ccc(C#N)cc1Br. The summed E-state index contributed by atoms with van der Waals surface area (Å²) in [7, 11) is 0. The number of esters is 2. The highest BCUT2D eigenvalue weighted by atomic mass is 79.9. The topological polar surface area (TPSA) is 76.4 Å². The van der Waals surface area contributed by atoms with Gasteiger partial charge in [0, 0.05) is 4.47 Å². The minimum atomic E-state index is -1.16. The van der Waals surface area contributed by atoms with Crippen molar-refractivity contribution < 1.29 is 19.1 Å². The maximum absolute atomic E-state index is 12.0. The summed E-state index contributed by atoms with van der Waals surface area (Å²) < 4.78 is 10.3. The van der Waals surface area contributed by atoms with Crippen molar-refractivity contribution in [3.8, 4) is 6.07 Å². The molecule has 0 saturated heterocycles. The van der Waals surface area contributed by atoms with E-state index in [9.17, 15) is 9.59 Å². The van der Waals surface area contributed by atoms with E-state index in [1.165, 1.54) is 6.07 Å². The molecule has 0 amide bonds. The quantitative estimate of drug-likeness (QED) is 0.608. The first kappa shape index (κ1) is 16.2. The van der Waals surface area contributed by atoms with Crippen LogP contribution in [0, 0.1) is 11.3 Å². The van der Waals surface area contributed by atoms with Crippen LogP contribution in [0.4, 0.5) is 0 Å². The Morgan fingerprint density at radius 1 is 1.25 bits per heavy atom. The number of halogens is 1. The van der Waals surface area contributed by atoms with Crippen LogP contribution >= 0.6 is 15.9 Å². The minimum absolute atomic E-state index is 0.169. The second kappa shape index (κ2) is 7.65. The fourth-order valence-corrected chi connectivity index (χ4v) is 2.24. The average Bonchev–Trinajstić information content (AvgIpc) is 2.41. The minimum Gasteiger partial charge on any atom is -0.465 e. The van der Waals surface area contributed by atoms with Crippen molar-refractivity contribution in [2.75, 3.05) is 13.2 Å². The van der Waals surface area contributed by atoms with Crippen LogP contribution in [0.15, 0.2) is 22.7 Å². The summed E-state index contributed by atoms with van der Waals surface area (Å²) in [6, 6.07) is 6.60. The third kappa shape index (κ3) is 3.81. The molecule has 1 aromatic carbocycles. The van der Waals surface area contributed by atoms with Crippen molar-refractivity contribution in [1.82, 2.24) is 0 Å². The molecule has 0 unspecified atom stereocenters. The van der Waals surface area contributed by atoms with Crippen LogP contribution in [-0.2, 0) is 19.1 Å². The highest BCUT2D eigenvalue weighted by molar-refractivity contribution is 9.10. The van der Waals surface area contributed by atoms with Crippen LogP contribution in [0.5, 0.6) is 0 Å². The van der Waals surface area contributed by atoms with E-state index in [2.05, 4.69) is 15.9 Å². The van der Waals surface area contributed by atoms with Crippen molar-refractivity contribution >= 4 is 27.9 Å². The van der Waals surface area contributed by atoms with Gasteiger partial charge in [0.1, 0.15) is 0 Å². The molecule has 0 aliphatic carbocycles. The van der Waals surface area contributed by atoms with Gasteiger partial charge in [-0.15, -0.1) is 0 Å². The van der Waals surface area contributed by atoms with E-state index in [0.717, 1.165) is 0 Å². The summed E-state index contributed by atoms with van der Waals surface area (Å²) in [5, 5.41) is 8.82. The Balaban J connectivity index is 3.20. The van der Waals surface area contributed by atoms with Crippen molar-refractivity contribution in [2.45, 2.75) is 19.8 Å². The third-order valence-electron chi connectivity index (χ3n) is 2.49. The molecule has 5 nitrogen and oxygen atoms in total. The Morgan fingerprint density at radius 3 is 2.20 bits per heavy atom. The van der Waals surface area contributed by atoms with Gasteiger partial charge >= 0.3 is 11.9 Å². The van der Waals surface area contributed by atoms with Crippen molar-refractivity contribution in [2.24, 2.45) is 0 Å². The number of carbonyl (C=O) groups excluding carboxylic acids is 2. The van der Waals surface area contributed by atoms with Gasteiger partial charge in [0.15, 0.2) is 5.92 Å². The predicted molar refractivity (Wildman–Crippen MR) is 74.9 cm³/mol. The maximum atomic E-state index is 12.0. The summed E-state index contributed by atoms with van der Waals surface area (Å²) in [6.07, 6.45) is 0. The summed E-state index contributed by atoms with van der Waals surface area (Å²) in [5.74, 6) is -2.50. The molecule has 0 aliphatic rings. The van der Waals surface area contributed by atoms with Crippen molar-refractivity contribution in [3.63, 3.8) is 0 Å². The van der Waals surface area contributed by atoms with Gasteiger partial charge < -0.3 is 9.47 Å². The van der Waals surface area contributed by atoms with Gasteiger partial charge in [0.25, 0.3) is 0 Å². The standard InChI is InChI=1S/C14H14BrNO4/c1-3-19-13(17)12(14(18)20-4-2)10-6-5-9(8-16)7-11(10)15/h5-7,12H,3-4H2,1-2H3. The fourth-order valence-electron chi connectivity index (χ4n) is 1.63. The lowest BCUT2D eigenvalue weighted by Gasteiger charge is -2.16. The lowest BCUT2D eigenvalue weighted by Crippen LogP contribution is -2.26. The number of hydrogen-bond acceptors (Lipinski definition) is 5. The molecule has 0 N–H and O–H groups in total. The Hall–Kier alpha value is -1.87. The van der Waals surface area contributed by atoms with Crippen molar-refractivity contribution in [1.29, 1.82) is 5.26 Å².